The second-order valence-electron chi connectivity index (χ2n) is 18.8. The van der Waals surface area contributed by atoms with Crippen molar-refractivity contribution in [3.8, 4) is 0 Å². The van der Waals surface area contributed by atoms with E-state index in [-0.39, 0.29) is 52.5 Å². The fraction of sp³-hybridized carbons (Fsp3) is 0.878. The van der Waals surface area contributed by atoms with E-state index in [1.165, 1.54) is 25.3 Å². The summed E-state index contributed by atoms with van der Waals surface area (Å²) in [5.74, 6) is 0.0741. The van der Waals surface area contributed by atoms with Crippen LogP contribution in [0.25, 0.3) is 0 Å². The van der Waals surface area contributed by atoms with Gasteiger partial charge >= 0.3 is 17.9 Å². The largest absolute Gasteiger partial charge is 0.481 e. The molecule has 0 amide bonds. The van der Waals surface area contributed by atoms with Gasteiger partial charge in [0.1, 0.15) is 12.2 Å². The van der Waals surface area contributed by atoms with Crippen LogP contribution in [0.3, 0.4) is 0 Å². The first-order chi connectivity index (χ1) is 23.0. The van der Waals surface area contributed by atoms with Gasteiger partial charge in [-0.05, 0) is 110 Å². The molecule has 5 aliphatic carbocycles. The molecule has 6 rings (SSSR count). The third kappa shape index (κ3) is 5.81. The quantitative estimate of drug-likeness (QED) is 0.176. The zero-order valence-corrected chi connectivity index (χ0v) is 31.9. The van der Waals surface area contributed by atoms with Crippen LogP contribution in [0.1, 0.15) is 120 Å². The molecule has 0 aromatic carbocycles. The van der Waals surface area contributed by atoms with Crippen LogP contribution in [0.4, 0.5) is 0 Å². The van der Waals surface area contributed by atoms with E-state index < -0.39 is 34.9 Å². The molecular weight excluding hydrogens is 618 g/mol. The fourth-order valence-corrected chi connectivity index (χ4v) is 12.7. The SMILES string of the molecule is CCCN(CC(=O)O[C@H]1[C@H](OC(C)=O)C[C@@]23COC[C@]1(C)[C@@H]2CC[C@H]1C3=CC[C@@]2(C)[C@H](C(=O)O)[C@@](C)([C@H](C)C(C)C)CC[C@]12C)CC1CC1. The second kappa shape index (κ2) is 12.9. The van der Waals surface area contributed by atoms with Gasteiger partial charge < -0.3 is 19.3 Å². The number of fused-ring (bicyclic) bond motifs is 3. The topological polar surface area (TPSA) is 102 Å². The van der Waals surface area contributed by atoms with E-state index in [0.717, 1.165) is 45.2 Å². The maximum Gasteiger partial charge on any atom is 0.320 e. The lowest BCUT2D eigenvalue weighted by atomic mass is 9.34. The lowest BCUT2D eigenvalue weighted by Gasteiger charge is -2.71. The smallest absolute Gasteiger partial charge is 0.320 e. The summed E-state index contributed by atoms with van der Waals surface area (Å²) >= 11 is 0. The molecule has 5 fully saturated rings. The molecule has 1 saturated heterocycles. The minimum atomic E-state index is -0.660. The molecule has 2 bridgehead atoms. The van der Waals surface area contributed by atoms with Crippen molar-refractivity contribution in [2.75, 3.05) is 32.8 Å². The van der Waals surface area contributed by atoms with Gasteiger partial charge in [-0.3, -0.25) is 19.3 Å². The van der Waals surface area contributed by atoms with Crippen molar-refractivity contribution in [3.05, 3.63) is 11.6 Å². The van der Waals surface area contributed by atoms with Crippen LogP contribution in [0.15, 0.2) is 11.6 Å². The van der Waals surface area contributed by atoms with Gasteiger partial charge in [0, 0.05) is 24.3 Å². The number of ether oxygens (including phenoxy) is 3. The van der Waals surface area contributed by atoms with Crippen molar-refractivity contribution in [1.29, 1.82) is 0 Å². The molecule has 8 heteroatoms. The van der Waals surface area contributed by atoms with E-state index >= 15 is 0 Å². The molecule has 8 nitrogen and oxygen atoms in total. The average molecular weight is 684 g/mol. The molecule has 49 heavy (non-hydrogen) atoms. The van der Waals surface area contributed by atoms with Gasteiger partial charge in [-0.1, -0.05) is 67.0 Å². The summed E-state index contributed by atoms with van der Waals surface area (Å²) in [5, 5.41) is 11.0. The van der Waals surface area contributed by atoms with Gasteiger partial charge in [-0.25, -0.2) is 0 Å². The van der Waals surface area contributed by atoms with Crippen molar-refractivity contribution in [1.82, 2.24) is 4.90 Å². The van der Waals surface area contributed by atoms with Gasteiger partial charge in [0.05, 0.1) is 25.7 Å². The minimum absolute atomic E-state index is 0.200. The highest BCUT2D eigenvalue weighted by atomic mass is 16.6. The van der Waals surface area contributed by atoms with Crippen LogP contribution in [0.5, 0.6) is 0 Å². The van der Waals surface area contributed by atoms with Gasteiger partial charge in [-0.2, -0.15) is 0 Å². The van der Waals surface area contributed by atoms with Crippen molar-refractivity contribution >= 4 is 17.9 Å². The Morgan fingerprint density at radius 2 is 1.71 bits per heavy atom. The van der Waals surface area contributed by atoms with Crippen LogP contribution < -0.4 is 0 Å². The summed E-state index contributed by atoms with van der Waals surface area (Å²) in [6.45, 7) is 22.5. The molecule has 0 aromatic heterocycles. The van der Waals surface area contributed by atoms with Crippen molar-refractivity contribution in [2.45, 2.75) is 132 Å². The first-order valence-corrected chi connectivity index (χ1v) is 19.6. The Bertz CT molecular complexity index is 1340. The Morgan fingerprint density at radius 1 is 1.00 bits per heavy atom. The number of hydrogen-bond donors (Lipinski definition) is 1. The Hall–Kier alpha value is -1.93. The molecule has 1 aliphatic heterocycles. The first-order valence-electron chi connectivity index (χ1n) is 19.6. The lowest BCUT2D eigenvalue weighted by Crippen LogP contribution is -2.70. The first kappa shape index (κ1) is 36.8. The normalized spacial score (nSPS) is 43.5. The van der Waals surface area contributed by atoms with E-state index in [4.69, 9.17) is 14.2 Å². The molecule has 0 spiro atoms. The van der Waals surface area contributed by atoms with E-state index in [2.05, 4.69) is 66.4 Å². The molecular formula is C41H65NO7. The summed E-state index contributed by atoms with van der Waals surface area (Å²) in [6, 6.07) is 0. The number of carbonyl (C=O) groups is 3. The predicted octanol–water partition coefficient (Wildman–Crippen LogP) is 7.54. The van der Waals surface area contributed by atoms with E-state index in [9.17, 15) is 19.5 Å². The van der Waals surface area contributed by atoms with Crippen LogP contribution in [0.2, 0.25) is 0 Å². The molecule has 6 aliphatic rings. The molecule has 276 valence electrons. The Morgan fingerprint density at radius 3 is 2.33 bits per heavy atom. The van der Waals surface area contributed by atoms with Crippen LogP contribution in [-0.4, -0.2) is 73.0 Å². The molecule has 1 heterocycles. The van der Waals surface area contributed by atoms with Crippen molar-refractivity contribution in [2.24, 2.45) is 62.6 Å². The van der Waals surface area contributed by atoms with Gasteiger partial charge in [0.15, 0.2) is 0 Å². The average Bonchev–Trinajstić information content (AvgIpc) is 3.83. The van der Waals surface area contributed by atoms with E-state index in [1.54, 1.807) is 0 Å². The number of rotatable bonds is 11. The number of nitrogens with zero attached hydrogens (tertiary/aromatic N) is 1. The maximum absolute atomic E-state index is 13.7. The van der Waals surface area contributed by atoms with Gasteiger partial charge in [0.25, 0.3) is 0 Å². The molecule has 11 atom stereocenters. The Balaban J connectivity index is 1.35. The number of carboxylic acids is 1. The number of esters is 2. The zero-order valence-electron chi connectivity index (χ0n) is 31.9. The Labute approximate surface area is 295 Å². The highest BCUT2D eigenvalue weighted by molar-refractivity contribution is 5.73. The van der Waals surface area contributed by atoms with Gasteiger partial charge in [-0.15, -0.1) is 0 Å². The fourth-order valence-electron chi connectivity index (χ4n) is 12.7. The molecule has 4 saturated carbocycles. The number of carbonyl (C=O) groups excluding carboxylic acids is 2. The molecule has 0 unspecified atom stereocenters. The highest BCUT2D eigenvalue weighted by Gasteiger charge is 2.72. The third-order valence-corrected chi connectivity index (χ3v) is 15.8. The summed E-state index contributed by atoms with van der Waals surface area (Å²) < 4.78 is 19.2. The second-order valence-corrected chi connectivity index (χ2v) is 18.8. The molecule has 1 N–H and O–H groups in total. The summed E-state index contributed by atoms with van der Waals surface area (Å²) in [6.07, 6.45) is 9.79. The molecule has 0 aromatic rings. The highest BCUT2D eigenvalue weighted by Crippen LogP contribution is 2.75. The number of aliphatic carboxylic acids is 1. The summed E-state index contributed by atoms with van der Waals surface area (Å²) in [5.41, 5.74) is -0.386. The van der Waals surface area contributed by atoms with Crippen molar-refractivity contribution in [3.63, 3.8) is 0 Å². The maximum atomic E-state index is 13.7. The minimum Gasteiger partial charge on any atom is -0.481 e. The predicted molar refractivity (Wildman–Crippen MR) is 188 cm³/mol. The third-order valence-electron chi connectivity index (χ3n) is 15.8. The van der Waals surface area contributed by atoms with Crippen LogP contribution >= 0.6 is 0 Å². The van der Waals surface area contributed by atoms with Crippen molar-refractivity contribution < 1.29 is 33.7 Å². The lowest BCUT2D eigenvalue weighted by molar-refractivity contribution is -0.263. The summed E-state index contributed by atoms with van der Waals surface area (Å²) in [7, 11) is 0. The van der Waals surface area contributed by atoms with E-state index in [1.807, 2.05) is 0 Å². The zero-order chi connectivity index (χ0) is 35.7. The number of carboxylic acid groups (broad SMARTS) is 1. The van der Waals surface area contributed by atoms with E-state index in [0.29, 0.717) is 37.9 Å². The summed E-state index contributed by atoms with van der Waals surface area (Å²) in [4.78, 5) is 42.0. The standard InChI is InChI=1S/C41H65NO7/c1-10-19-42(21-28-11-12-28)22-33(44)49-35-31(48-27(5)43)20-41-24-47-23-38(35,7)32(41)14-13-29-30(41)15-16-40(9)34(36(45)46)37(6,26(4)25(2)3)17-18-39(29,40)8/h15,25-26,28-29,31-32,34-35H,10-14,16-24H2,1-9H3,(H,45,46)/t26-,29+,31-,32+,34-,35+,37-,38-,39-,40+,41+/m1/s1. The van der Waals surface area contributed by atoms with Gasteiger partial charge in [0.2, 0.25) is 0 Å². The number of allylic oxidation sites excluding steroid dienone is 1. The van der Waals surface area contributed by atoms with Crippen LogP contribution in [-0.2, 0) is 28.6 Å². The molecule has 0 radical (unpaired) electrons. The number of hydrogen-bond acceptors (Lipinski definition) is 7. The monoisotopic (exact) mass is 683 g/mol. The Kier molecular flexibility index (Phi) is 9.72. The van der Waals surface area contributed by atoms with Crippen LogP contribution in [0, 0.1) is 62.6 Å².